The fourth-order valence-corrected chi connectivity index (χ4v) is 3.24. The molecule has 0 N–H and O–H groups in total. The SMILES string of the molecule is CC1(C)C(=O)N(c2cc(Cl)cc(Cl)c2)C(=O)c2ccccc21. The lowest BCUT2D eigenvalue weighted by Gasteiger charge is -2.37. The number of anilines is 1. The third-order valence-electron chi connectivity index (χ3n) is 3.88. The van der Waals surface area contributed by atoms with Crippen LogP contribution in [0.3, 0.4) is 0 Å². The van der Waals surface area contributed by atoms with Crippen LogP contribution in [0.25, 0.3) is 0 Å². The Kier molecular flexibility index (Phi) is 3.50. The van der Waals surface area contributed by atoms with Gasteiger partial charge >= 0.3 is 0 Å². The molecule has 0 fully saturated rings. The number of hydrogen-bond donors (Lipinski definition) is 0. The summed E-state index contributed by atoms with van der Waals surface area (Å²) in [7, 11) is 0. The van der Waals surface area contributed by atoms with Crippen LogP contribution in [0, 0.1) is 0 Å². The largest absolute Gasteiger partial charge is 0.273 e. The van der Waals surface area contributed by atoms with Gasteiger partial charge in [0.05, 0.1) is 11.1 Å². The van der Waals surface area contributed by atoms with Crippen molar-refractivity contribution in [1.82, 2.24) is 0 Å². The lowest BCUT2D eigenvalue weighted by atomic mass is 9.77. The summed E-state index contributed by atoms with van der Waals surface area (Å²) in [5, 5.41) is 0.750. The highest BCUT2D eigenvalue weighted by atomic mass is 35.5. The Morgan fingerprint density at radius 3 is 2.18 bits per heavy atom. The zero-order valence-electron chi connectivity index (χ0n) is 12.1. The molecule has 0 bridgehead atoms. The number of hydrogen-bond acceptors (Lipinski definition) is 2. The predicted molar refractivity (Wildman–Crippen MR) is 87.7 cm³/mol. The van der Waals surface area contributed by atoms with Gasteiger partial charge in [0.2, 0.25) is 5.91 Å². The molecule has 0 aliphatic carbocycles. The minimum atomic E-state index is -0.806. The van der Waals surface area contributed by atoms with Crippen LogP contribution in [0.2, 0.25) is 10.0 Å². The highest BCUT2D eigenvalue weighted by Gasteiger charge is 2.44. The molecule has 0 radical (unpaired) electrons. The number of rotatable bonds is 1. The van der Waals surface area contributed by atoms with Gasteiger partial charge in [-0.25, -0.2) is 4.90 Å². The minimum Gasteiger partial charge on any atom is -0.273 e. The summed E-state index contributed by atoms with van der Waals surface area (Å²) in [6.07, 6.45) is 0. The van der Waals surface area contributed by atoms with Gasteiger partial charge in [0.1, 0.15) is 0 Å². The lowest BCUT2D eigenvalue weighted by molar-refractivity contribution is -0.122. The second-order valence-electron chi connectivity index (χ2n) is 5.74. The van der Waals surface area contributed by atoms with Crippen molar-refractivity contribution in [3.05, 3.63) is 63.6 Å². The van der Waals surface area contributed by atoms with Crippen molar-refractivity contribution in [2.75, 3.05) is 4.90 Å². The predicted octanol–water partition coefficient (Wildman–Crippen LogP) is 4.46. The molecule has 1 aliphatic rings. The Morgan fingerprint density at radius 1 is 0.955 bits per heavy atom. The van der Waals surface area contributed by atoms with Crippen molar-refractivity contribution in [3.63, 3.8) is 0 Å². The maximum absolute atomic E-state index is 12.9. The molecule has 0 saturated carbocycles. The van der Waals surface area contributed by atoms with Crippen LogP contribution in [0.15, 0.2) is 42.5 Å². The molecule has 2 aromatic carbocycles. The number of imide groups is 1. The van der Waals surface area contributed by atoms with Crippen LogP contribution in [-0.4, -0.2) is 11.8 Å². The summed E-state index contributed by atoms with van der Waals surface area (Å²) in [5.41, 5.74) is 0.826. The molecule has 22 heavy (non-hydrogen) atoms. The van der Waals surface area contributed by atoms with Crippen LogP contribution in [0.5, 0.6) is 0 Å². The van der Waals surface area contributed by atoms with E-state index in [4.69, 9.17) is 23.2 Å². The average molecular weight is 334 g/mol. The number of fused-ring (bicyclic) bond motifs is 1. The zero-order chi connectivity index (χ0) is 16.1. The van der Waals surface area contributed by atoms with Gasteiger partial charge in [-0.15, -0.1) is 0 Å². The van der Waals surface area contributed by atoms with E-state index in [2.05, 4.69) is 0 Å². The normalized spacial score (nSPS) is 16.6. The maximum atomic E-state index is 12.9. The van der Waals surface area contributed by atoms with Gasteiger partial charge in [-0.1, -0.05) is 41.4 Å². The Morgan fingerprint density at radius 2 is 1.55 bits per heavy atom. The molecule has 3 nitrogen and oxygen atoms in total. The quantitative estimate of drug-likeness (QED) is 0.722. The van der Waals surface area contributed by atoms with Gasteiger partial charge in [0.15, 0.2) is 0 Å². The number of carbonyl (C=O) groups is 2. The molecule has 2 amide bonds. The first-order valence-electron chi connectivity index (χ1n) is 6.77. The summed E-state index contributed by atoms with van der Waals surface area (Å²) in [6.45, 7) is 3.61. The number of nitrogens with zero attached hydrogens (tertiary/aromatic N) is 1. The highest BCUT2D eigenvalue weighted by molar-refractivity contribution is 6.36. The molecule has 112 valence electrons. The Labute approximate surface area is 138 Å². The van der Waals surface area contributed by atoms with Gasteiger partial charge in [0, 0.05) is 15.6 Å². The van der Waals surface area contributed by atoms with E-state index in [9.17, 15) is 9.59 Å². The van der Waals surface area contributed by atoms with Crippen molar-refractivity contribution >= 4 is 40.7 Å². The first-order valence-corrected chi connectivity index (χ1v) is 7.52. The Balaban J connectivity index is 2.22. The third kappa shape index (κ3) is 2.21. The first kappa shape index (κ1) is 15.1. The average Bonchev–Trinajstić information content (AvgIpc) is 2.45. The van der Waals surface area contributed by atoms with Crippen LogP contribution in [0.4, 0.5) is 5.69 Å². The summed E-state index contributed by atoms with van der Waals surface area (Å²) in [4.78, 5) is 26.8. The van der Waals surface area contributed by atoms with Gasteiger partial charge in [-0.2, -0.15) is 0 Å². The smallest absolute Gasteiger partial charge is 0.265 e. The molecular weight excluding hydrogens is 321 g/mol. The summed E-state index contributed by atoms with van der Waals surface area (Å²) in [5.74, 6) is -0.659. The number of carbonyl (C=O) groups excluding carboxylic acids is 2. The number of halogens is 2. The van der Waals surface area contributed by atoms with E-state index < -0.39 is 5.41 Å². The van der Waals surface area contributed by atoms with Crippen LogP contribution in [-0.2, 0) is 10.2 Å². The van der Waals surface area contributed by atoms with Crippen molar-refractivity contribution in [2.24, 2.45) is 0 Å². The summed E-state index contributed by atoms with van der Waals surface area (Å²) in [6, 6.07) is 11.8. The molecule has 3 rings (SSSR count). The van der Waals surface area contributed by atoms with Gasteiger partial charge in [0.25, 0.3) is 5.91 Å². The van der Waals surface area contributed by atoms with Gasteiger partial charge in [-0.3, -0.25) is 9.59 Å². The van der Waals surface area contributed by atoms with E-state index in [1.807, 2.05) is 12.1 Å². The molecule has 0 aromatic heterocycles. The molecule has 0 atom stereocenters. The fraction of sp³-hybridized carbons (Fsp3) is 0.176. The van der Waals surface area contributed by atoms with Crippen LogP contribution in [0.1, 0.15) is 29.8 Å². The van der Waals surface area contributed by atoms with Gasteiger partial charge < -0.3 is 0 Å². The van der Waals surface area contributed by atoms with Crippen molar-refractivity contribution in [3.8, 4) is 0 Å². The molecule has 1 heterocycles. The second-order valence-corrected chi connectivity index (χ2v) is 6.62. The molecule has 1 aliphatic heterocycles. The second kappa shape index (κ2) is 5.11. The molecule has 5 heteroatoms. The molecule has 0 saturated heterocycles. The van der Waals surface area contributed by atoms with E-state index in [1.165, 1.54) is 0 Å². The third-order valence-corrected chi connectivity index (χ3v) is 4.31. The van der Waals surface area contributed by atoms with Crippen molar-refractivity contribution in [2.45, 2.75) is 19.3 Å². The first-order chi connectivity index (χ1) is 10.3. The Hall–Kier alpha value is -1.84. The minimum absolute atomic E-state index is 0.297. The van der Waals surface area contributed by atoms with Crippen molar-refractivity contribution < 1.29 is 9.59 Å². The molecule has 0 unspecified atom stereocenters. The van der Waals surface area contributed by atoms with E-state index >= 15 is 0 Å². The number of benzene rings is 2. The standard InChI is InChI=1S/C17H13Cl2NO2/c1-17(2)14-6-4-3-5-13(14)15(21)20(16(17)22)12-8-10(18)7-11(19)9-12/h3-9H,1-2H3. The maximum Gasteiger partial charge on any atom is 0.265 e. The van der Waals surface area contributed by atoms with Crippen LogP contribution < -0.4 is 4.90 Å². The van der Waals surface area contributed by atoms with Crippen molar-refractivity contribution in [1.29, 1.82) is 0 Å². The topological polar surface area (TPSA) is 37.4 Å². The van der Waals surface area contributed by atoms with E-state index in [0.29, 0.717) is 21.3 Å². The van der Waals surface area contributed by atoms with E-state index in [-0.39, 0.29) is 11.8 Å². The molecule has 2 aromatic rings. The van der Waals surface area contributed by atoms with E-state index in [0.717, 1.165) is 10.5 Å². The Bertz CT molecular complexity index is 779. The summed E-state index contributed by atoms with van der Waals surface area (Å²) < 4.78 is 0. The molecular formula is C17H13Cl2NO2. The molecule has 0 spiro atoms. The zero-order valence-corrected chi connectivity index (χ0v) is 13.6. The van der Waals surface area contributed by atoms with E-state index in [1.54, 1.807) is 44.2 Å². The van der Waals surface area contributed by atoms with Crippen LogP contribution >= 0.6 is 23.2 Å². The fourth-order valence-electron chi connectivity index (χ4n) is 2.72. The summed E-state index contributed by atoms with van der Waals surface area (Å²) >= 11 is 12.0. The van der Waals surface area contributed by atoms with Gasteiger partial charge in [-0.05, 0) is 43.7 Å². The number of amides is 2. The lowest BCUT2D eigenvalue weighted by Crippen LogP contribution is -2.52. The monoisotopic (exact) mass is 333 g/mol. The highest BCUT2D eigenvalue weighted by Crippen LogP contribution is 2.38.